The minimum atomic E-state index is -2.21. The van der Waals surface area contributed by atoms with Crippen molar-refractivity contribution in [3.63, 3.8) is 0 Å². The van der Waals surface area contributed by atoms with Crippen LogP contribution < -0.4 is 0 Å². The topological polar surface area (TPSA) is 40.5 Å². The highest BCUT2D eigenvalue weighted by Crippen LogP contribution is 2.47. The van der Waals surface area contributed by atoms with E-state index in [9.17, 15) is 9.90 Å². The molecule has 0 aromatic rings. The molecule has 0 amide bonds. The van der Waals surface area contributed by atoms with Gasteiger partial charge in [0.25, 0.3) is 0 Å². The Morgan fingerprint density at radius 1 is 1.47 bits per heavy atom. The third kappa shape index (κ3) is 4.26. The molecule has 1 unspecified atom stereocenters. The molecule has 1 fully saturated rings. The van der Waals surface area contributed by atoms with E-state index < -0.39 is 8.32 Å². The maximum absolute atomic E-state index is 10.4. The van der Waals surface area contributed by atoms with Crippen molar-refractivity contribution in [2.75, 3.05) is 6.16 Å². The lowest BCUT2D eigenvalue weighted by molar-refractivity contribution is 0.132. The van der Waals surface area contributed by atoms with Gasteiger partial charge in [-0.05, 0) is 60.6 Å². The second-order valence-electron chi connectivity index (χ2n) is 6.93. The fraction of sp³-hybridized carbons (Fsp3) is 0.733. The number of aliphatic hydroxyl groups excluding tert-OH is 1. The molecule has 3 atom stereocenters. The van der Waals surface area contributed by atoms with Crippen LogP contribution in [0.2, 0.25) is 18.1 Å². The van der Waals surface area contributed by atoms with Crippen LogP contribution in [-0.2, 0) is 0 Å². The van der Waals surface area contributed by atoms with Crippen molar-refractivity contribution in [3.05, 3.63) is 23.8 Å². The molecule has 0 radical (unpaired) electrons. The molecular weight excluding hydrogens is 271 g/mol. The number of hydrogen-bond donors (Lipinski definition) is 2. The van der Waals surface area contributed by atoms with Crippen LogP contribution in [-0.4, -0.2) is 30.5 Å². The molecule has 0 aromatic heterocycles. The Balaban J connectivity index is 2.88. The average Bonchev–Trinajstić information content (AvgIpc) is 2.23. The van der Waals surface area contributed by atoms with E-state index >= 15 is 0 Å². The predicted octanol–water partition coefficient (Wildman–Crippen LogP) is 3.48. The maximum atomic E-state index is 10.4. The molecule has 2 nitrogen and oxygen atoms in total. The van der Waals surface area contributed by atoms with Gasteiger partial charge in [0.05, 0.1) is 6.10 Å². The van der Waals surface area contributed by atoms with Gasteiger partial charge < -0.3 is 9.90 Å². The number of allylic oxidation sites excluding steroid dienone is 2. The summed E-state index contributed by atoms with van der Waals surface area (Å²) in [6, 6.07) is 0. The Kier molecular flexibility index (Phi) is 5.59. The zero-order chi connectivity index (χ0) is 14.8. The third-order valence-electron chi connectivity index (χ3n) is 4.69. The van der Waals surface area contributed by atoms with Crippen LogP contribution in [0.5, 0.6) is 0 Å². The van der Waals surface area contributed by atoms with Gasteiger partial charge in [-0.3, -0.25) is 0 Å². The summed E-state index contributed by atoms with van der Waals surface area (Å²) in [6.45, 7) is 12.5. The van der Waals surface area contributed by atoms with Crippen molar-refractivity contribution < 1.29 is 9.90 Å². The van der Waals surface area contributed by atoms with Gasteiger partial charge in [0.2, 0.25) is 0 Å². The maximum Gasteiger partial charge on any atom is 0.188 e. The van der Waals surface area contributed by atoms with Crippen molar-refractivity contribution in [3.8, 4) is 0 Å². The van der Waals surface area contributed by atoms with Crippen LogP contribution in [0.25, 0.3) is 0 Å². The normalized spacial score (nSPS) is 27.9. The minimum Gasteiger partial charge on any atom is -0.432 e. The molecule has 110 valence electrons. The zero-order valence-electron chi connectivity index (χ0n) is 12.7. The van der Waals surface area contributed by atoms with Crippen molar-refractivity contribution in [2.24, 2.45) is 5.92 Å². The molecule has 4 heteroatoms. The van der Waals surface area contributed by atoms with E-state index in [0.717, 1.165) is 25.4 Å². The molecule has 0 aliphatic heterocycles. The molecule has 0 aromatic carbocycles. The highest BCUT2D eigenvalue weighted by molar-refractivity contribution is 7.16. The molecule has 2 N–H and O–H groups in total. The van der Waals surface area contributed by atoms with Gasteiger partial charge in [0.15, 0.2) is 8.32 Å². The first-order chi connectivity index (χ1) is 8.58. The van der Waals surface area contributed by atoms with E-state index in [4.69, 9.17) is 0 Å². The fourth-order valence-corrected chi connectivity index (χ4v) is 3.66. The smallest absolute Gasteiger partial charge is 0.188 e. The quantitative estimate of drug-likeness (QED) is 0.616. The summed E-state index contributed by atoms with van der Waals surface area (Å²) in [6.07, 6.45) is 5.20. The van der Waals surface area contributed by atoms with E-state index in [0.29, 0.717) is 5.92 Å². The first-order valence-electron chi connectivity index (χ1n) is 7.07. The summed E-state index contributed by atoms with van der Waals surface area (Å²) < 4.78 is 0. The van der Waals surface area contributed by atoms with Crippen molar-refractivity contribution in [1.82, 2.24) is 0 Å². The van der Waals surface area contributed by atoms with Gasteiger partial charge in [-0.15, -0.1) is 9.24 Å². The summed E-state index contributed by atoms with van der Waals surface area (Å²) in [7, 11) is 0.485. The number of aliphatic hydroxyl groups is 1. The Morgan fingerprint density at radius 2 is 2.05 bits per heavy atom. The Morgan fingerprint density at radius 3 is 2.53 bits per heavy atom. The van der Waals surface area contributed by atoms with E-state index in [-0.39, 0.29) is 11.1 Å². The molecule has 19 heavy (non-hydrogen) atoms. The fourth-order valence-electron chi connectivity index (χ4n) is 2.63. The van der Waals surface area contributed by atoms with Crippen molar-refractivity contribution in [2.45, 2.75) is 57.3 Å². The molecule has 0 bridgehead atoms. The van der Waals surface area contributed by atoms with Gasteiger partial charge in [0, 0.05) is 0 Å². The SMILES string of the molecule is C=C1/C(=C\CP)C[C@@H](O)C[C@@H]1CC(C)(C)[Si](C)(C)O. The molecule has 0 saturated heterocycles. The van der Waals surface area contributed by atoms with Gasteiger partial charge in [-0.1, -0.05) is 26.5 Å². The first-order valence-corrected chi connectivity index (χ1v) is 10.8. The van der Waals surface area contributed by atoms with E-state index in [2.05, 4.69) is 35.7 Å². The van der Waals surface area contributed by atoms with Crippen LogP contribution in [0.1, 0.15) is 33.1 Å². The summed E-state index contributed by atoms with van der Waals surface area (Å²) in [5.74, 6) is 0.292. The monoisotopic (exact) mass is 300 g/mol. The highest BCUT2D eigenvalue weighted by Gasteiger charge is 2.41. The summed E-state index contributed by atoms with van der Waals surface area (Å²) in [5, 5.41) is 9.99. The van der Waals surface area contributed by atoms with Gasteiger partial charge in [0.1, 0.15) is 0 Å². The molecule has 1 saturated carbocycles. The Labute approximate surface area is 121 Å². The van der Waals surface area contributed by atoms with Crippen molar-refractivity contribution >= 4 is 17.6 Å². The molecule has 0 spiro atoms. The zero-order valence-corrected chi connectivity index (χ0v) is 14.9. The predicted molar refractivity (Wildman–Crippen MR) is 88.9 cm³/mol. The molecule has 0 heterocycles. The lowest BCUT2D eigenvalue weighted by atomic mass is 9.76. The third-order valence-corrected chi connectivity index (χ3v) is 8.45. The summed E-state index contributed by atoms with van der Waals surface area (Å²) in [4.78, 5) is 10.4. The van der Waals surface area contributed by atoms with Crippen LogP contribution in [0.4, 0.5) is 0 Å². The molecule has 1 rings (SSSR count). The number of hydrogen-bond acceptors (Lipinski definition) is 2. The molecule has 1 aliphatic carbocycles. The second kappa shape index (κ2) is 6.22. The van der Waals surface area contributed by atoms with Crippen LogP contribution in [0.15, 0.2) is 23.8 Å². The second-order valence-corrected chi connectivity index (χ2v) is 11.9. The lowest BCUT2D eigenvalue weighted by Crippen LogP contribution is -2.41. The Bertz CT molecular complexity index is 369. The van der Waals surface area contributed by atoms with E-state index in [1.54, 1.807) is 0 Å². The standard InChI is InChI=1S/C15H29O2PSi/c1-11-12(6-7-18)8-14(16)9-13(11)10-15(2,3)19(4,5)17/h6,13-14,16-17H,1,7-10,18H2,2-5H3/b12-6-/t13-,14-/m1/s1. The highest BCUT2D eigenvalue weighted by atomic mass is 31.0. The van der Waals surface area contributed by atoms with Gasteiger partial charge in [-0.2, -0.15) is 0 Å². The Hall–Kier alpha value is 0.0469. The van der Waals surface area contributed by atoms with Crippen LogP contribution in [0.3, 0.4) is 0 Å². The largest absolute Gasteiger partial charge is 0.432 e. The van der Waals surface area contributed by atoms with E-state index in [1.807, 2.05) is 13.1 Å². The van der Waals surface area contributed by atoms with Gasteiger partial charge in [-0.25, -0.2) is 0 Å². The minimum absolute atomic E-state index is 0.0657. The van der Waals surface area contributed by atoms with E-state index in [1.165, 1.54) is 11.1 Å². The first kappa shape index (κ1) is 17.1. The van der Waals surface area contributed by atoms with Crippen LogP contribution in [0, 0.1) is 5.92 Å². The average molecular weight is 300 g/mol. The van der Waals surface area contributed by atoms with Gasteiger partial charge >= 0.3 is 0 Å². The summed E-state index contributed by atoms with van der Waals surface area (Å²) >= 11 is 0. The lowest BCUT2D eigenvalue weighted by Gasteiger charge is -2.41. The van der Waals surface area contributed by atoms with Crippen molar-refractivity contribution in [1.29, 1.82) is 0 Å². The molecule has 1 aliphatic rings. The van der Waals surface area contributed by atoms with Crippen LogP contribution >= 0.6 is 9.24 Å². The molecular formula is C15H29O2PSi. The summed E-state index contributed by atoms with van der Waals surface area (Å²) in [5.41, 5.74) is 2.37. The number of rotatable bonds is 4.